The third-order valence-corrected chi connectivity index (χ3v) is 8.66. The Morgan fingerprint density at radius 2 is 1.72 bits per heavy atom. The van der Waals surface area contributed by atoms with Crippen LogP contribution in [0.15, 0.2) is 42.9 Å². The predicted molar refractivity (Wildman–Crippen MR) is 123 cm³/mol. The molecule has 0 spiro atoms. The number of rotatable bonds is 4. The molecule has 1 aliphatic heterocycles. The highest BCUT2D eigenvalue weighted by molar-refractivity contribution is 5.84. The summed E-state index contributed by atoms with van der Waals surface area (Å²) in [6.45, 7) is 3.22. The lowest BCUT2D eigenvalue weighted by Gasteiger charge is -2.62. The summed E-state index contributed by atoms with van der Waals surface area (Å²) >= 11 is 0. The van der Waals surface area contributed by atoms with Gasteiger partial charge in [-0.25, -0.2) is 4.98 Å². The van der Waals surface area contributed by atoms with E-state index in [4.69, 9.17) is 4.74 Å². The van der Waals surface area contributed by atoms with E-state index in [9.17, 15) is 4.79 Å². The van der Waals surface area contributed by atoms with E-state index >= 15 is 0 Å². The van der Waals surface area contributed by atoms with Crippen LogP contribution < -0.4 is 9.64 Å². The summed E-state index contributed by atoms with van der Waals surface area (Å²) in [4.78, 5) is 27.1. The Kier molecular flexibility index (Phi) is 4.67. The highest BCUT2D eigenvalue weighted by Crippen LogP contribution is 2.66. The fraction of sp³-hybridized carbons (Fsp3) is 0.577. The summed E-state index contributed by atoms with van der Waals surface area (Å²) in [6.07, 6.45) is 12.2. The van der Waals surface area contributed by atoms with Gasteiger partial charge in [0.25, 0.3) is 0 Å². The second-order valence-electron chi connectivity index (χ2n) is 10.6. The third kappa shape index (κ3) is 3.18. The number of hydrogen-bond acceptors (Lipinski definition) is 5. The standard InChI is InChI=1S/C26H32N4O2/c1-32-22-4-2-21(3-5-22)25-13-19-12-20(14-25)16-26(15-19,18-25)24(31)30-10-8-29(9-11-30)23-17-27-6-7-28-23/h2-7,17,19-20H,8-16,18H2,1H3/t19-,20-,25?,26?/m0/s1. The van der Waals surface area contributed by atoms with E-state index in [1.807, 2.05) is 6.20 Å². The minimum absolute atomic E-state index is 0.160. The largest absolute Gasteiger partial charge is 0.497 e. The maximum absolute atomic E-state index is 14.0. The van der Waals surface area contributed by atoms with Gasteiger partial charge in [0.05, 0.1) is 18.7 Å². The van der Waals surface area contributed by atoms with Gasteiger partial charge in [-0.1, -0.05) is 12.1 Å². The van der Waals surface area contributed by atoms with Crippen LogP contribution in [0.25, 0.3) is 0 Å². The molecule has 4 saturated carbocycles. The zero-order valence-corrected chi connectivity index (χ0v) is 18.9. The summed E-state index contributed by atoms with van der Waals surface area (Å²) in [5.41, 5.74) is 1.41. The molecule has 2 heterocycles. The van der Waals surface area contributed by atoms with Crippen molar-refractivity contribution in [2.45, 2.75) is 43.9 Å². The van der Waals surface area contributed by atoms with Gasteiger partial charge in [-0.2, -0.15) is 0 Å². The Bertz CT molecular complexity index is 971. The SMILES string of the molecule is COc1ccc(C23C[C@@H]4C[C@H](CC(C(=O)N5CCN(c6cnccn6)CC5)(C4)C2)C3)cc1. The van der Waals surface area contributed by atoms with E-state index in [2.05, 4.69) is 44.0 Å². The molecule has 6 heteroatoms. The van der Waals surface area contributed by atoms with Gasteiger partial charge in [0.15, 0.2) is 0 Å². The van der Waals surface area contributed by atoms with E-state index in [0.29, 0.717) is 17.7 Å². The van der Waals surface area contributed by atoms with Crippen molar-refractivity contribution in [2.75, 3.05) is 38.2 Å². The molecule has 0 radical (unpaired) electrons. The lowest BCUT2D eigenvalue weighted by Crippen LogP contribution is -2.61. The molecule has 32 heavy (non-hydrogen) atoms. The van der Waals surface area contributed by atoms with Crippen LogP contribution in [0.2, 0.25) is 0 Å². The fourth-order valence-electron chi connectivity index (χ4n) is 7.72. The monoisotopic (exact) mass is 432 g/mol. The predicted octanol–water partition coefficient (Wildman–Crippen LogP) is 3.67. The number of benzene rings is 1. The molecule has 4 aliphatic carbocycles. The second kappa shape index (κ2) is 7.46. The van der Waals surface area contributed by atoms with Gasteiger partial charge in [-0.3, -0.25) is 9.78 Å². The van der Waals surface area contributed by atoms with Crippen molar-refractivity contribution < 1.29 is 9.53 Å². The third-order valence-electron chi connectivity index (χ3n) is 8.66. The molecule has 1 aromatic heterocycles. The van der Waals surface area contributed by atoms with Gasteiger partial charge in [-0.05, 0) is 73.5 Å². The number of piperazine rings is 1. The van der Waals surface area contributed by atoms with Crippen LogP contribution in [-0.2, 0) is 10.2 Å². The van der Waals surface area contributed by atoms with Crippen LogP contribution in [0.1, 0.15) is 44.1 Å². The molecule has 7 rings (SSSR count). The molecule has 2 atom stereocenters. The summed E-state index contributed by atoms with van der Waals surface area (Å²) in [6, 6.07) is 8.69. The molecule has 0 unspecified atom stereocenters. The zero-order valence-electron chi connectivity index (χ0n) is 18.9. The van der Waals surface area contributed by atoms with Crippen molar-refractivity contribution in [3.8, 4) is 5.75 Å². The number of carbonyl (C=O) groups excluding carboxylic acids is 1. The maximum Gasteiger partial charge on any atom is 0.228 e. The Hall–Kier alpha value is -2.63. The van der Waals surface area contributed by atoms with Crippen LogP contribution in [0.5, 0.6) is 5.75 Å². The van der Waals surface area contributed by atoms with Gasteiger partial charge >= 0.3 is 0 Å². The van der Waals surface area contributed by atoms with E-state index < -0.39 is 0 Å². The molecule has 0 N–H and O–H groups in total. The van der Waals surface area contributed by atoms with Crippen molar-refractivity contribution in [3.63, 3.8) is 0 Å². The van der Waals surface area contributed by atoms with E-state index in [1.54, 1.807) is 19.5 Å². The van der Waals surface area contributed by atoms with E-state index in [-0.39, 0.29) is 10.8 Å². The number of hydrogen-bond donors (Lipinski definition) is 0. The Morgan fingerprint density at radius 1 is 1.00 bits per heavy atom. The quantitative estimate of drug-likeness (QED) is 0.738. The molecule has 6 nitrogen and oxygen atoms in total. The smallest absolute Gasteiger partial charge is 0.228 e. The zero-order chi connectivity index (χ0) is 21.8. The minimum atomic E-state index is -0.168. The lowest BCUT2D eigenvalue weighted by molar-refractivity contribution is -0.160. The first kappa shape index (κ1) is 20.0. The number of ether oxygens (including phenoxy) is 1. The number of carbonyl (C=O) groups is 1. The molecule has 4 bridgehead atoms. The van der Waals surface area contributed by atoms with Crippen molar-refractivity contribution in [1.29, 1.82) is 0 Å². The Balaban J connectivity index is 1.22. The van der Waals surface area contributed by atoms with Crippen molar-refractivity contribution >= 4 is 11.7 Å². The maximum atomic E-state index is 14.0. The fourth-order valence-corrected chi connectivity index (χ4v) is 7.72. The first-order valence-corrected chi connectivity index (χ1v) is 12.0. The minimum Gasteiger partial charge on any atom is -0.497 e. The molecule has 168 valence electrons. The van der Waals surface area contributed by atoms with Crippen LogP contribution in [-0.4, -0.2) is 54.1 Å². The van der Waals surface area contributed by atoms with Crippen molar-refractivity contribution in [1.82, 2.24) is 14.9 Å². The van der Waals surface area contributed by atoms with Crippen LogP contribution in [0.4, 0.5) is 5.82 Å². The second-order valence-corrected chi connectivity index (χ2v) is 10.6. The summed E-state index contributed by atoms with van der Waals surface area (Å²) in [5, 5.41) is 0. The summed E-state index contributed by atoms with van der Waals surface area (Å²) in [5.74, 6) is 3.60. The van der Waals surface area contributed by atoms with Gasteiger partial charge < -0.3 is 14.5 Å². The summed E-state index contributed by atoms with van der Waals surface area (Å²) in [7, 11) is 1.72. The highest BCUT2D eigenvalue weighted by Gasteiger charge is 2.61. The number of anilines is 1. The normalized spacial score (nSPS) is 33.4. The molecule has 5 fully saturated rings. The van der Waals surface area contributed by atoms with Crippen LogP contribution in [0.3, 0.4) is 0 Å². The van der Waals surface area contributed by atoms with Crippen LogP contribution >= 0.6 is 0 Å². The summed E-state index contributed by atoms with van der Waals surface area (Å²) < 4.78 is 5.39. The molecule has 5 aliphatic rings. The lowest BCUT2D eigenvalue weighted by atomic mass is 9.42. The van der Waals surface area contributed by atoms with Gasteiger partial charge in [0, 0.05) is 38.6 Å². The molecule has 1 amide bonds. The van der Waals surface area contributed by atoms with Gasteiger partial charge in [0.1, 0.15) is 11.6 Å². The first-order chi connectivity index (χ1) is 15.6. The van der Waals surface area contributed by atoms with Crippen LogP contribution in [0, 0.1) is 17.3 Å². The van der Waals surface area contributed by atoms with Gasteiger partial charge in [-0.15, -0.1) is 0 Å². The molecule has 2 aromatic rings. The van der Waals surface area contributed by atoms with E-state index in [0.717, 1.165) is 57.0 Å². The van der Waals surface area contributed by atoms with Crippen molar-refractivity contribution in [3.05, 3.63) is 48.4 Å². The topological polar surface area (TPSA) is 58.6 Å². The highest BCUT2D eigenvalue weighted by atomic mass is 16.5. The van der Waals surface area contributed by atoms with Gasteiger partial charge in [0.2, 0.25) is 5.91 Å². The van der Waals surface area contributed by atoms with Crippen molar-refractivity contribution in [2.24, 2.45) is 17.3 Å². The Labute approximate surface area is 190 Å². The Morgan fingerprint density at radius 3 is 2.34 bits per heavy atom. The molecular weight excluding hydrogens is 400 g/mol. The first-order valence-electron chi connectivity index (χ1n) is 12.0. The average Bonchev–Trinajstić information content (AvgIpc) is 2.83. The number of methoxy groups -OCH3 is 1. The molecule has 1 saturated heterocycles. The number of aromatic nitrogens is 2. The number of amides is 1. The molecular formula is C26H32N4O2. The number of nitrogens with zero attached hydrogens (tertiary/aromatic N) is 4. The molecule has 1 aromatic carbocycles. The van der Waals surface area contributed by atoms with E-state index in [1.165, 1.54) is 24.8 Å². The average molecular weight is 433 g/mol.